The molecule has 0 saturated carbocycles. The summed E-state index contributed by atoms with van der Waals surface area (Å²) in [5, 5.41) is 0. The van der Waals surface area contributed by atoms with Crippen molar-refractivity contribution in [3.63, 3.8) is 0 Å². The molecule has 180 valence electrons. The van der Waals surface area contributed by atoms with Gasteiger partial charge in [0.05, 0.1) is 12.1 Å². The smallest absolute Gasteiger partial charge is 0.180 e. The molecule has 2 aliphatic heterocycles. The highest BCUT2D eigenvalue weighted by Crippen LogP contribution is 2.61. The molecule has 3 aromatic carbocycles. The van der Waals surface area contributed by atoms with Crippen molar-refractivity contribution in [3.05, 3.63) is 107 Å². The zero-order chi connectivity index (χ0) is 25.4. The number of ketones is 3. The first-order valence-corrected chi connectivity index (χ1v) is 12.2. The van der Waals surface area contributed by atoms with Crippen LogP contribution < -0.4 is 4.90 Å². The number of nitrogens with zero attached hydrogens (tertiary/aromatic N) is 1. The molecule has 6 rings (SSSR count). The Kier molecular flexibility index (Phi) is 4.75. The Hall–Kier alpha value is -3.86. The number of anilines is 1. The summed E-state index contributed by atoms with van der Waals surface area (Å²) >= 11 is 0. The Balaban J connectivity index is 1.72. The number of para-hydroxylation sites is 1. The third-order valence-electron chi connectivity index (χ3n) is 7.96. The van der Waals surface area contributed by atoms with Gasteiger partial charge in [-0.05, 0) is 23.3 Å². The fraction of sp³-hybridized carbons (Fsp3) is 0.258. The number of carbonyl (C=O) groups excluding carboxylic acids is 3. The lowest BCUT2D eigenvalue weighted by atomic mass is 9.63. The molecule has 36 heavy (non-hydrogen) atoms. The van der Waals surface area contributed by atoms with E-state index >= 15 is 4.39 Å². The van der Waals surface area contributed by atoms with Gasteiger partial charge in [-0.2, -0.15) is 0 Å². The first kappa shape index (κ1) is 22.6. The van der Waals surface area contributed by atoms with Crippen LogP contribution in [0.15, 0.2) is 78.9 Å². The lowest BCUT2D eigenvalue weighted by Gasteiger charge is -2.38. The first-order chi connectivity index (χ1) is 17.2. The van der Waals surface area contributed by atoms with Crippen molar-refractivity contribution >= 4 is 29.1 Å². The fourth-order valence-corrected chi connectivity index (χ4v) is 6.43. The number of benzene rings is 3. The molecule has 0 N–H and O–H groups in total. The molecule has 5 heteroatoms. The maximum atomic E-state index is 15.6. The molecule has 3 atom stereocenters. The van der Waals surface area contributed by atoms with E-state index in [-0.39, 0.29) is 22.9 Å². The van der Waals surface area contributed by atoms with Crippen LogP contribution in [0.25, 0.3) is 6.08 Å². The zero-order valence-corrected chi connectivity index (χ0v) is 20.4. The largest absolute Gasteiger partial charge is 0.352 e. The van der Waals surface area contributed by atoms with E-state index in [2.05, 4.69) is 0 Å². The van der Waals surface area contributed by atoms with E-state index < -0.39 is 34.6 Å². The van der Waals surface area contributed by atoms with E-state index in [9.17, 15) is 14.4 Å². The Morgan fingerprint density at radius 3 is 2.08 bits per heavy atom. The predicted octanol–water partition coefficient (Wildman–Crippen LogP) is 5.87. The number of hydrogen-bond acceptors (Lipinski definition) is 4. The van der Waals surface area contributed by atoms with Gasteiger partial charge in [-0.3, -0.25) is 14.4 Å². The van der Waals surface area contributed by atoms with E-state index in [1.54, 1.807) is 42.5 Å². The Labute approximate surface area is 209 Å². The van der Waals surface area contributed by atoms with Crippen molar-refractivity contribution in [2.45, 2.75) is 38.8 Å². The fourth-order valence-electron chi connectivity index (χ4n) is 6.43. The van der Waals surface area contributed by atoms with Crippen LogP contribution in [0.4, 0.5) is 10.1 Å². The standard InChI is InChI=1S/C31H26FNO3/c1-30(2,3)29(36)26-25(21-13-7-8-14-22(21)32)31(27(34)19-11-5-6-12-20(19)28(31)35)24-17-16-18-10-4-9-15-23(18)33(24)26/h4-17,24-26H,1-3H3. The lowest BCUT2D eigenvalue weighted by Crippen LogP contribution is -2.49. The zero-order valence-electron chi connectivity index (χ0n) is 20.4. The Bertz CT molecular complexity index is 1450. The third-order valence-corrected chi connectivity index (χ3v) is 7.96. The van der Waals surface area contributed by atoms with Gasteiger partial charge in [0.2, 0.25) is 0 Å². The molecule has 1 spiro atoms. The van der Waals surface area contributed by atoms with Gasteiger partial charge >= 0.3 is 0 Å². The highest BCUT2D eigenvalue weighted by Gasteiger charge is 2.72. The van der Waals surface area contributed by atoms with Crippen molar-refractivity contribution in [2.24, 2.45) is 10.8 Å². The summed E-state index contributed by atoms with van der Waals surface area (Å²) in [5.41, 5.74) is 0.0802. The summed E-state index contributed by atoms with van der Waals surface area (Å²) in [4.78, 5) is 45.0. The van der Waals surface area contributed by atoms with Gasteiger partial charge in [0, 0.05) is 28.1 Å². The van der Waals surface area contributed by atoms with Gasteiger partial charge in [-0.1, -0.05) is 93.6 Å². The third kappa shape index (κ3) is 2.77. The molecule has 3 aliphatic rings. The minimum Gasteiger partial charge on any atom is -0.352 e. The van der Waals surface area contributed by atoms with Crippen LogP contribution in [0.3, 0.4) is 0 Å². The normalized spacial score (nSPS) is 23.6. The van der Waals surface area contributed by atoms with Crippen LogP contribution in [-0.4, -0.2) is 29.4 Å². The van der Waals surface area contributed by atoms with E-state index in [0.29, 0.717) is 11.1 Å². The van der Waals surface area contributed by atoms with Crippen LogP contribution in [0, 0.1) is 16.6 Å². The number of fused-ring (bicyclic) bond motifs is 5. The second-order valence-electron chi connectivity index (χ2n) is 10.9. The van der Waals surface area contributed by atoms with Crippen molar-refractivity contribution in [1.29, 1.82) is 0 Å². The number of hydrogen-bond donors (Lipinski definition) is 0. The molecule has 1 saturated heterocycles. The summed E-state index contributed by atoms with van der Waals surface area (Å²) < 4.78 is 15.6. The van der Waals surface area contributed by atoms with Gasteiger partial charge < -0.3 is 4.90 Å². The maximum Gasteiger partial charge on any atom is 0.180 e. The molecule has 1 fully saturated rings. The molecule has 0 bridgehead atoms. The number of rotatable bonds is 2. The summed E-state index contributed by atoms with van der Waals surface area (Å²) in [6.45, 7) is 5.48. The van der Waals surface area contributed by atoms with E-state index in [0.717, 1.165) is 11.3 Å². The molecular weight excluding hydrogens is 453 g/mol. The van der Waals surface area contributed by atoms with Gasteiger partial charge in [-0.15, -0.1) is 0 Å². The quantitative estimate of drug-likeness (QED) is 0.431. The lowest BCUT2D eigenvalue weighted by molar-refractivity contribution is -0.127. The maximum absolute atomic E-state index is 15.6. The van der Waals surface area contributed by atoms with Crippen molar-refractivity contribution in [3.8, 4) is 0 Å². The van der Waals surface area contributed by atoms with Gasteiger partial charge in [0.25, 0.3) is 0 Å². The monoisotopic (exact) mass is 479 g/mol. The summed E-state index contributed by atoms with van der Waals surface area (Å²) in [6, 6.07) is 19.0. The molecule has 3 aromatic rings. The number of Topliss-reactive ketones (excluding diaryl/α,β-unsaturated/α-hetero) is 3. The van der Waals surface area contributed by atoms with E-state index in [4.69, 9.17) is 0 Å². The van der Waals surface area contributed by atoms with Gasteiger partial charge in [0.15, 0.2) is 17.3 Å². The molecule has 1 aliphatic carbocycles. The topological polar surface area (TPSA) is 54.5 Å². The summed E-state index contributed by atoms with van der Waals surface area (Å²) in [5.74, 6) is -2.36. The van der Waals surface area contributed by atoms with E-state index in [1.807, 2.05) is 62.1 Å². The van der Waals surface area contributed by atoms with Crippen LogP contribution in [0.1, 0.15) is 58.5 Å². The van der Waals surface area contributed by atoms with Gasteiger partial charge in [0.1, 0.15) is 11.2 Å². The highest BCUT2D eigenvalue weighted by molar-refractivity contribution is 6.32. The predicted molar refractivity (Wildman–Crippen MR) is 137 cm³/mol. The molecular formula is C31H26FNO3. The van der Waals surface area contributed by atoms with Crippen LogP contribution in [-0.2, 0) is 4.79 Å². The molecule has 0 amide bonds. The van der Waals surface area contributed by atoms with Crippen LogP contribution in [0.2, 0.25) is 0 Å². The molecule has 2 heterocycles. The molecule has 0 radical (unpaired) electrons. The summed E-state index contributed by atoms with van der Waals surface area (Å²) in [6.07, 6.45) is 3.76. The van der Waals surface area contributed by atoms with Crippen LogP contribution in [0.5, 0.6) is 0 Å². The Morgan fingerprint density at radius 2 is 1.44 bits per heavy atom. The van der Waals surface area contributed by atoms with Crippen molar-refractivity contribution in [1.82, 2.24) is 0 Å². The van der Waals surface area contributed by atoms with E-state index in [1.165, 1.54) is 6.07 Å². The molecule has 3 unspecified atom stereocenters. The average molecular weight is 480 g/mol. The molecule has 0 aromatic heterocycles. The highest BCUT2D eigenvalue weighted by atomic mass is 19.1. The van der Waals surface area contributed by atoms with Crippen molar-refractivity contribution in [2.75, 3.05) is 4.90 Å². The second kappa shape index (κ2) is 7.57. The number of carbonyl (C=O) groups is 3. The minimum atomic E-state index is -1.67. The number of halogens is 1. The van der Waals surface area contributed by atoms with Gasteiger partial charge in [-0.25, -0.2) is 4.39 Å². The minimum absolute atomic E-state index is 0.140. The first-order valence-electron chi connectivity index (χ1n) is 12.2. The van der Waals surface area contributed by atoms with Crippen LogP contribution >= 0.6 is 0 Å². The average Bonchev–Trinajstić information content (AvgIpc) is 3.30. The van der Waals surface area contributed by atoms with Crippen molar-refractivity contribution < 1.29 is 18.8 Å². The molecule has 4 nitrogen and oxygen atoms in total. The second-order valence-corrected chi connectivity index (χ2v) is 10.9. The SMILES string of the molecule is CC(C)(C)C(=O)C1C(c2ccccc2F)C2(C(=O)c3ccccc3C2=O)C2C=Cc3ccccc3N12. The summed E-state index contributed by atoms with van der Waals surface area (Å²) in [7, 11) is 0. The Morgan fingerprint density at radius 1 is 0.861 bits per heavy atom.